The number of rotatable bonds is 4. The summed E-state index contributed by atoms with van der Waals surface area (Å²) in [5.41, 5.74) is 5.02. The molecule has 0 spiro atoms. The highest BCUT2D eigenvalue weighted by molar-refractivity contribution is 5.54. The smallest absolute Gasteiger partial charge is 0.122 e. The van der Waals surface area contributed by atoms with Crippen molar-refractivity contribution in [2.75, 3.05) is 25.7 Å². The van der Waals surface area contributed by atoms with Crippen molar-refractivity contribution in [1.29, 1.82) is 0 Å². The zero-order valence-corrected chi connectivity index (χ0v) is 11.4. The Balaban J connectivity index is 3.13. The summed E-state index contributed by atoms with van der Waals surface area (Å²) in [5.74, 6) is 6.26. The number of benzene rings is 1. The van der Waals surface area contributed by atoms with E-state index in [-0.39, 0.29) is 5.41 Å². The Morgan fingerprint density at radius 2 is 2.00 bits per heavy atom. The largest absolute Gasteiger partial charge is 0.496 e. The predicted octanol–water partition coefficient (Wildman–Crippen LogP) is 1.85. The Hall–Kier alpha value is -1.26. The fraction of sp³-hybridized carbons (Fsp3) is 0.538. The van der Waals surface area contributed by atoms with Crippen molar-refractivity contribution in [3.05, 3.63) is 23.8 Å². The Morgan fingerprint density at radius 1 is 1.35 bits per heavy atom. The molecule has 0 atom stereocenters. The first-order valence-electron chi connectivity index (χ1n) is 5.73. The molecule has 4 nitrogen and oxygen atoms in total. The zero-order chi connectivity index (χ0) is 13.1. The van der Waals surface area contributed by atoms with Gasteiger partial charge >= 0.3 is 0 Å². The monoisotopic (exact) mass is 237 g/mol. The van der Waals surface area contributed by atoms with E-state index in [1.807, 2.05) is 19.2 Å². The second-order valence-electron chi connectivity index (χ2n) is 5.19. The first-order valence-corrected chi connectivity index (χ1v) is 5.73. The number of nitrogens with two attached hydrogens (primary N) is 1. The number of hydrogen-bond acceptors (Lipinski definition) is 4. The van der Waals surface area contributed by atoms with Crippen molar-refractivity contribution in [3.8, 4) is 5.75 Å². The lowest BCUT2D eigenvalue weighted by atomic mass is 9.86. The molecule has 0 radical (unpaired) electrons. The molecule has 3 N–H and O–H groups in total. The second kappa shape index (κ2) is 5.38. The van der Waals surface area contributed by atoms with E-state index in [1.54, 1.807) is 7.11 Å². The van der Waals surface area contributed by atoms with Gasteiger partial charge < -0.3 is 9.64 Å². The molecule has 0 amide bonds. The molecule has 0 unspecified atom stereocenters. The molecule has 1 aromatic carbocycles. The number of nitrogens with zero attached hydrogens (tertiary/aromatic N) is 1. The van der Waals surface area contributed by atoms with Crippen LogP contribution in [0.4, 0.5) is 5.69 Å². The van der Waals surface area contributed by atoms with Crippen LogP contribution in [-0.2, 0) is 5.41 Å². The first-order chi connectivity index (χ1) is 7.90. The maximum Gasteiger partial charge on any atom is 0.122 e. The van der Waals surface area contributed by atoms with Gasteiger partial charge in [-0.1, -0.05) is 20.8 Å². The van der Waals surface area contributed by atoms with Crippen molar-refractivity contribution in [3.63, 3.8) is 0 Å². The lowest BCUT2D eigenvalue weighted by Crippen LogP contribution is -2.35. The number of hydrazine groups is 1. The maximum absolute atomic E-state index is 5.41. The third-order valence-electron chi connectivity index (χ3n) is 2.76. The standard InChI is InChI=1S/C13H23N3O/c1-13(2,3)11-8-10(16(4)9-15-14)6-7-12(11)17-5/h6-8,15H,9,14H2,1-5H3. The molecule has 0 bridgehead atoms. The van der Waals surface area contributed by atoms with Crippen molar-refractivity contribution >= 4 is 5.69 Å². The topological polar surface area (TPSA) is 50.5 Å². The fourth-order valence-corrected chi connectivity index (χ4v) is 1.75. The molecular weight excluding hydrogens is 214 g/mol. The van der Waals surface area contributed by atoms with Gasteiger partial charge in [0.2, 0.25) is 0 Å². The summed E-state index contributed by atoms with van der Waals surface area (Å²) in [6.45, 7) is 7.14. The highest BCUT2D eigenvalue weighted by Gasteiger charge is 2.19. The number of ether oxygens (including phenoxy) is 1. The summed E-state index contributed by atoms with van der Waals surface area (Å²) in [5, 5.41) is 0. The van der Waals surface area contributed by atoms with Crippen LogP contribution in [0, 0.1) is 0 Å². The summed E-state index contributed by atoms with van der Waals surface area (Å²) in [4.78, 5) is 2.05. The molecule has 0 aliphatic carbocycles. The molecule has 0 saturated carbocycles. The van der Waals surface area contributed by atoms with Crippen molar-refractivity contribution < 1.29 is 4.74 Å². The summed E-state index contributed by atoms with van der Waals surface area (Å²) >= 11 is 0. The average molecular weight is 237 g/mol. The van der Waals surface area contributed by atoms with Gasteiger partial charge in [0.25, 0.3) is 0 Å². The Bertz CT molecular complexity index is 371. The molecule has 4 heteroatoms. The van der Waals surface area contributed by atoms with Gasteiger partial charge in [-0.3, -0.25) is 5.84 Å². The summed E-state index contributed by atoms with van der Waals surface area (Å²) in [6, 6.07) is 6.19. The molecule has 0 fully saturated rings. The summed E-state index contributed by atoms with van der Waals surface area (Å²) in [7, 11) is 3.70. The van der Waals surface area contributed by atoms with E-state index in [1.165, 1.54) is 5.56 Å². The van der Waals surface area contributed by atoms with E-state index in [4.69, 9.17) is 10.6 Å². The molecule has 0 saturated heterocycles. The first kappa shape index (κ1) is 13.8. The third-order valence-corrected chi connectivity index (χ3v) is 2.76. The van der Waals surface area contributed by atoms with Crippen LogP contribution < -0.4 is 20.9 Å². The Morgan fingerprint density at radius 3 is 2.47 bits per heavy atom. The summed E-state index contributed by atoms with van der Waals surface area (Å²) in [6.07, 6.45) is 0. The minimum atomic E-state index is 0.0539. The third kappa shape index (κ3) is 3.35. The molecule has 0 aromatic heterocycles. The van der Waals surface area contributed by atoms with Gasteiger partial charge in [-0.15, -0.1) is 0 Å². The maximum atomic E-state index is 5.41. The van der Waals surface area contributed by atoms with E-state index in [9.17, 15) is 0 Å². The van der Waals surface area contributed by atoms with Gasteiger partial charge in [0.15, 0.2) is 0 Å². The normalized spacial score (nSPS) is 11.4. The minimum Gasteiger partial charge on any atom is -0.496 e. The Kier molecular flexibility index (Phi) is 4.37. The second-order valence-corrected chi connectivity index (χ2v) is 5.19. The van der Waals surface area contributed by atoms with Crippen LogP contribution in [0.15, 0.2) is 18.2 Å². The van der Waals surface area contributed by atoms with Crippen LogP contribution in [0.2, 0.25) is 0 Å². The van der Waals surface area contributed by atoms with Crippen LogP contribution in [0.3, 0.4) is 0 Å². The van der Waals surface area contributed by atoms with Gasteiger partial charge in [0.1, 0.15) is 5.75 Å². The van der Waals surface area contributed by atoms with Gasteiger partial charge in [-0.05, 0) is 23.6 Å². The van der Waals surface area contributed by atoms with E-state index in [0.717, 1.165) is 11.4 Å². The predicted molar refractivity (Wildman–Crippen MR) is 72.3 cm³/mol. The van der Waals surface area contributed by atoms with Gasteiger partial charge in [0.05, 0.1) is 13.8 Å². The van der Waals surface area contributed by atoms with Crippen LogP contribution in [0.25, 0.3) is 0 Å². The van der Waals surface area contributed by atoms with Crippen LogP contribution >= 0.6 is 0 Å². The van der Waals surface area contributed by atoms with Crippen LogP contribution in [0.5, 0.6) is 5.75 Å². The van der Waals surface area contributed by atoms with Crippen LogP contribution in [0.1, 0.15) is 26.3 Å². The number of methoxy groups -OCH3 is 1. The van der Waals surface area contributed by atoms with E-state index < -0.39 is 0 Å². The minimum absolute atomic E-state index is 0.0539. The lowest BCUT2D eigenvalue weighted by molar-refractivity contribution is 0.397. The molecule has 1 aromatic rings. The lowest BCUT2D eigenvalue weighted by Gasteiger charge is -2.26. The molecule has 0 aliphatic rings. The number of hydrogen-bond donors (Lipinski definition) is 2. The van der Waals surface area contributed by atoms with Gasteiger partial charge in [0, 0.05) is 18.3 Å². The van der Waals surface area contributed by atoms with E-state index >= 15 is 0 Å². The summed E-state index contributed by atoms with van der Waals surface area (Å²) < 4.78 is 5.41. The average Bonchev–Trinajstić information content (AvgIpc) is 2.27. The molecule has 1 rings (SSSR count). The highest BCUT2D eigenvalue weighted by Crippen LogP contribution is 2.34. The number of anilines is 1. The van der Waals surface area contributed by atoms with Gasteiger partial charge in [-0.2, -0.15) is 0 Å². The molecule has 0 aliphatic heterocycles. The van der Waals surface area contributed by atoms with Crippen molar-refractivity contribution in [2.45, 2.75) is 26.2 Å². The molecule has 0 heterocycles. The highest BCUT2D eigenvalue weighted by atomic mass is 16.5. The molecule has 96 valence electrons. The van der Waals surface area contributed by atoms with Crippen molar-refractivity contribution in [1.82, 2.24) is 5.43 Å². The number of nitrogens with one attached hydrogen (secondary N) is 1. The van der Waals surface area contributed by atoms with Crippen molar-refractivity contribution in [2.24, 2.45) is 5.84 Å². The molecular formula is C13H23N3O. The van der Waals surface area contributed by atoms with E-state index in [0.29, 0.717) is 6.67 Å². The quantitative estimate of drug-likeness (QED) is 0.477. The van der Waals surface area contributed by atoms with E-state index in [2.05, 4.69) is 37.2 Å². The zero-order valence-electron chi connectivity index (χ0n) is 11.4. The molecule has 17 heavy (non-hydrogen) atoms. The Labute approximate surface area is 104 Å². The SMILES string of the molecule is COc1ccc(N(C)CNN)cc1C(C)(C)C. The fourth-order valence-electron chi connectivity index (χ4n) is 1.75. The van der Waals surface area contributed by atoms with Gasteiger partial charge in [-0.25, -0.2) is 5.43 Å². The van der Waals surface area contributed by atoms with Crippen LogP contribution in [-0.4, -0.2) is 20.8 Å².